The monoisotopic (exact) mass is 616 g/mol. The van der Waals surface area contributed by atoms with E-state index in [4.69, 9.17) is 28.9 Å². The van der Waals surface area contributed by atoms with Crippen LogP contribution in [-0.2, 0) is 0 Å². The van der Waals surface area contributed by atoms with Gasteiger partial charge in [-0.15, -0.1) is 0 Å². The van der Waals surface area contributed by atoms with Gasteiger partial charge >= 0.3 is 0 Å². The summed E-state index contributed by atoms with van der Waals surface area (Å²) < 4.78 is 23.7. The fourth-order valence-corrected chi connectivity index (χ4v) is 4.87. The zero-order valence-electron chi connectivity index (χ0n) is 26.7. The van der Waals surface area contributed by atoms with Crippen molar-refractivity contribution < 1.29 is 18.9 Å². The minimum absolute atomic E-state index is 0.522. The highest BCUT2D eigenvalue weighted by molar-refractivity contribution is 6.52. The molecule has 0 heterocycles. The highest BCUT2D eigenvalue weighted by Crippen LogP contribution is 2.34. The SMILES string of the molecule is CCOc1ccccc1N=C1C=C(Nc2ccccc2OCC)C(Nc2ccccc2OCC)=CC1=Nc1ccccc1OCC. The molecule has 0 fully saturated rings. The van der Waals surface area contributed by atoms with Gasteiger partial charge in [-0.25, -0.2) is 9.98 Å². The van der Waals surface area contributed by atoms with Gasteiger partial charge in [-0.1, -0.05) is 48.5 Å². The summed E-state index contributed by atoms with van der Waals surface area (Å²) in [6.07, 6.45) is 3.97. The highest BCUT2D eigenvalue weighted by Gasteiger charge is 2.22. The van der Waals surface area contributed by atoms with Crippen LogP contribution in [0.1, 0.15) is 27.7 Å². The molecule has 0 saturated carbocycles. The maximum absolute atomic E-state index is 5.95. The second kappa shape index (κ2) is 16.0. The van der Waals surface area contributed by atoms with Crippen molar-refractivity contribution >= 4 is 34.2 Å². The van der Waals surface area contributed by atoms with Gasteiger partial charge in [0.25, 0.3) is 0 Å². The van der Waals surface area contributed by atoms with Crippen LogP contribution in [0.4, 0.5) is 22.7 Å². The van der Waals surface area contributed by atoms with Crippen LogP contribution in [0.15, 0.2) is 131 Å². The number of rotatable bonds is 14. The summed E-state index contributed by atoms with van der Waals surface area (Å²) in [6, 6.07) is 31.2. The lowest BCUT2D eigenvalue weighted by atomic mass is 10.0. The van der Waals surface area contributed by atoms with E-state index in [9.17, 15) is 0 Å². The number of nitrogens with one attached hydrogen (secondary N) is 2. The van der Waals surface area contributed by atoms with Crippen molar-refractivity contribution in [2.45, 2.75) is 27.7 Å². The van der Waals surface area contributed by atoms with E-state index < -0.39 is 0 Å². The second-order valence-corrected chi connectivity index (χ2v) is 10.0. The Morgan fingerprint density at radius 2 is 0.761 bits per heavy atom. The van der Waals surface area contributed by atoms with Crippen LogP contribution in [0.5, 0.6) is 23.0 Å². The minimum atomic E-state index is 0.522. The minimum Gasteiger partial charge on any atom is -0.492 e. The molecule has 8 nitrogen and oxygen atoms in total. The Balaban J connectivity index is 1.70. The Labute approximate surface area is 271 Å². The van der Waals surface area contributed by atoms with Gasteiger partial charge in [-0.05, 0) is 88.4 Å². The first-order chi connectivity index (χ1) is 22.6. The van der Waals surface area contributed by atoms with Gasteiger partial charge in [0.2, 0.25) is 0 Å². The molecule has 0 aliphatic heterocycles. The smallest absolute Gasteiger partial charge is 0.144 e. The molecule has 0 unspecified atom stereocenters. The average Bonchev–Trinajstić information content (AvgIpc) is 3.07. The molecular formula is C38H40N4O4. The first kappa shape index (κ1) is 31.9. The molecule has 46 heavy (non-hydrogen) atoms. The summed E-state index contributed by atoms with van der Waals surface area (Å²) in [5.74, 6) is 2.86. The lowest BCUT2D eigenvalue weighted by Crippen LogP contribution is -2.23. The van der Waals surface area contributed by atoms with E-state index in [1.807, 2.05) is 137 Å². The third-order valence-corrected chi connectivity index (χ3v) is 6.84. The largest absolute Gasteiger partial charge is 0.492 e. The fraction of sp³-hybridized carbons (Fsp3) is 0.211. The summed E-state index contributed by atoms with van der Waals surface area (Å²) >= 11 is 0. The van der Waals surface area contributed by atoms with E-state index in [0.29, 0.717) is 60.7 Å². The average molecular weight is 617 g/mol. The summed E-state index contributed by atoms with van der Waals surface area (Å²) in [6.45, 7) is 9.98. The van der Waals surface area contributed by atoms with Crippen molar-refractivity contribution in [2.24, 2.45) is 9.98 Å². The van der Waals surface area contributed by atoms with Gasteiger partial charge in [0, 0.05) is 0 Å². The summed E-state index contributed by atoms with van der Waals surface area (Å²) in [7, 11) is 0. The number of aliphatic imine (C=N–C) groups is 2. The van der Waals surface area contributed by atoms with Gasteiger partial charge in [-0.3, -0.25) is 0 Å². The molecule has 1 aliphatic carbocycles. The second-order valence-electron chi connectivity index (χ2n) is 10.0. The normalized spacial score (nSPS) is 14.3. The number of hydrogen-bond donors (Lipinski definition) is 2. The number of hydrogen-bond acceptors (Lipinski definition) is 8. The molecule has 4 aromatic rings. The quantitative estimate of drug-likeness (QED) is 0.137. The Morgan fingerprint density at radius 3 is 1.15 bits per heavy atom. The number of para-hydroxylation sites is 8. The van der Waals surface area contributed by atoms with Crippen LogP contribution in [0.2, 0.25) is 0 Å². The molecule has 0 saturated heterocycles. The Kier molecular flexibility index (Phi) is 11.1. The van der Waals surface area contributed by atoms with Crippen LogP contribution in [0, 0.1) is 0 Å². The van der Waals surface area contributed by atoms with E-state index in [1.54, 1.807) is 0 Å². The Morgan fingerprint density at radius 1 is 0.435 bits per heavy atom. The van der Waals surface area contributed by atoms with Crippen LogP contribution in [0.3, 0.4) is 0 Å². The van der Waals surface area contributed by atoms with E-state index >= 15 is 0 Å². The zero-order valence-corrected chi connectivity index (χ0v) is 26.7. The van der Waals surface area contributed by atoms with Crippen LogP contribution >= 0.6 is 0 Å². The molecule has 5 rings (SSSR count). The molecule has 236 valence electrons. The van der Waals surface area contributed by atoms with Gasteiger partial charge in [-0.2, -0.15) is 0 Å². The Bertz CT molecular complexity index is 1630. The molecular weight excluding hydrogens is 576 g/mol. The van der Waals surface area contributed by atoms with Crippen LogP contribution in [0.25, 0.3) is 0 Å². The lowest BCUT2D eigenvalue weighted by Gasteiger charge is -2.24. The third kappa shape index (κ3) is 7.95. The van der Waals surface area contributed by atoms with E-state index in [2.05, 4.69) is 10.6 Å². The van der Waals surface area contributed by atoms with Crippen molar-refractivity contribution in [3.05, 3.63) is 121 Å². The zero-order chi connectivity index (χ0) is 32.1. The van der Waals surface area contributed by atoms with Crippen molar-refractivity contribution in [1.29, 1.82) is 0 Å². The highest BCUT2D eigenvalue weighted by atomic mass is 16.5. The molecule has 1 aliphatic rings. The summed E-state index contributed by atoms with van der Waals surface area (Å²) in [5.41, 5.74) is 5.84. The number of benzene rings is 4. The first-order valence-corrected chi connectivity index (χ1v) is 15.7. The molecule has 4 aromatic carbocycles. The molecule has 0 amide bonds. The van der Waals surface area contributed by atoms with Crippen LogP contribution in [-0.4, -0.2) is 37.9 Å². The van der Waals surface area contributed by atoms with Crippen molar-refractivity contribution in [3.63, 3.8) is 0 Å². The molecule has 2 N–H and O–H groups in total. The molecule has 0 atom stereocenters. The van der Waals surface area contributed by atoms with Gasteiger partial charge in [0.05, 0.1) is 60.6 Å². The molecule has 0 spiro atoms. The number of anilines is 2. The van der Waals surface area contributed by atoms with Crippen molar-refractivity contribution in [3.8, 4) is 23.0 Å². The predicted molar refractivity (Wildman–Crippen MR) is 188 cm³/mol. The maximum Gasteiger partial charge on any atom is 0.144 e. The van der Waals surface area contributed by atoms with E-state index in [0.717, 1.165) is 34.3 Å². The molecule has 0 bridgehead atoms. The number of ether oxygens (including phenoxy) is 4. The maximum atomic E-state index is 5.95. The predicted octanol–water partition coefficient (Wildman–Crippen LogP) is 9.13. The first-order valence-electron chi connectivity index (χ1n) is 15.7. The number of allylic oxidation sites excluding steroid dienone is 2. The summed E-state index contributed by atoms with van der Waals surface area (Å²) in [4.78, 5) is 10.2. The summed E-state index contributed by atoms with van der Waals surface area (Å²) in [5, 5.41) is 7.20. The van der Waals surface area contributed by atoms with Gasteiger partial charge in [0.15, 0.2) is 0 Å². The topological polar surface area (TPSA) is 85.7 Å². The van der Waals surface area contributed by atoms with E-state index in [1.165, 1.54) is 0 Å². The standard InChI is InChI=1S/C38H40N4O4/c1-5-43-35-21-13-9-17-27(35)39-31-25-33(41-29-19-11-15-23-37(29)45-7-3)34(42-30-20-12-16-24-38(30)46-8-4)26-32(31)40-28-18-10-14-22-36(28)44-6-2/h9-26,39-40H,5-8H2,1-4H3. The lowest BCUT2D eigenvalue weighted by molar-refractivity contribution is 0.341. The van der Waals surface area contributed by atoms with Gasteiger partial charge < -0.3 is 29.6 Å². The molecule has 0 radical (unpaired) electrons. The Hall–Kier alpha value is -5.50. The van der Waals surface area contributed by atoms with Gasteiger partial charge in [0.1, 0.15) is 34.4 Å². The van der Waals surface area contributed by atoms with Crippen molar-refractivity contribution in [2.75, 3.05) is 37.1 Å². The third-order valence-electron chi connectivity index (χ3n) is 6.84. The van der Waals surface area contributed by atoms with E-state index in [-0.39, 0.29) is 0 Å². The molecule has 0 aromatic heterocycles. The van der Waals surface area contributed by atoms with Crippen LogP contribution < -0.4 is 29.6 Å². The fourth-order valence-electron chi connectivity index (χ4n) is 4.87. The molecule has 8 heteroatoms. The number of nitrogens with zero attached hydrogens (tertiary/aromatic N) is 2. The van der Waals surface area contributed by atoms with Crippen molar-refractivity contribution in [1.82, 2.24) is 0 Å².